The first-order valence-corrected chi connectivity index (χ1v) is 23.0. The minimum atomic E-state index is -1.87. The number of nitrogens with zero attached hydrogens (tertiary/aromatic N) is 4. The van der Waals surface area contributed by atoms with E-state index < -0.39 is 61.2 Å². The number of carbonyl (C=O) groups excluding carboxylic acids is 4. The Morgan fingerprint density at radius 2 is 1.53 bits per heavy atom. The fourth-order valence-electron chi connectivity index (χ4n) is 7.09. The first-order valence-electron chi connectivity index (χ1n) is 23.0. The maximum Gasteiger partial charge on any atom is 0.339 e. The van der Waals surface area contributed by atoms with E-state index >= 15 is 0 Å². The van der Waals surface area contributed by atoms with Crippen LogP contribution in [0.5, 0.6) is 23.0 Å². The number of carboxylic acid groups (broad SMARTS) is 3. The quantitative estimate of drug-likeness (QED) is 0.0152. The van der Waals surface area contributed by atoms with E-state index in [-0.39, 0.29) is 104 Å². The van der Waals surface area contributed by atoms with Gasteiger partial charge in [-0.1, -0.05) is 24.3 Å². The summed E-state index contributed by atoms with van der Waals surface area (Å²) in [7, 11) is 0. The molecule has 24 nitrogen and oxygen atoms in total. The number of allylic oxidation sites excluding steroid dienone is 4. The van der Waals surface area contributed by atoms with Gasteiger partial charge in [-0.3, -0.25) is 24.0 Å². The van der Waals surface area contributed by atoms with Crippen molar-refractivity contribution in [1.82, 2.24) is 9.80 Å². The number of aliphatic carboxylic acids is 3. The Kier molecular flexibility index (Phi) is 23.1. The van der Waals surface area contributed by atoms with Crippen molar-refractivity contribution in [2.24, 2.45) is 32.9 Å². The van der Waals surface area contributed by atoms with Gasteiger partial charge in [0.15, 0.2) is 34.9 Å². The molecule has 396 valence electrons. The number of guanidine groups is 2. The van der Waals surface area contributed by atoms with E-state index in [2.05, 4.69) is 9.98 Å². The number of aryl methyl sites for hydroxylation is 2. The summed E-state index contributed by atoms with van der Waals surface area (Å²) >= 11 is 0. The molecule has 3 aromatic carbocycles. The van der Waals surface area contributed by atoms with Gasteiger partial charge in [0.05, 0.1) is 68.6 Å². The molecule has 1 heterocycles. The van der Waals surface area contributed by atoms with Crippen molar-refractivity contribution in [1.29, 1.82) is 0 Å². The SMILES string of the molecule is C\C1=C/C=C(N=C(N)N)\C=C\CCCOc2c(cccc2C(=O)N(CCOCCOCCN(C(=O)c2cccc(OC=O)c2OCCCc2cc(N=C(N)N)ccc2C)C(CC(=O)O)C(=O)O)CC(=O)O)OC1=O. The molecule has 24 heteroatoms. The summed E-state index contributed by atoms with van der Waals surface area (Å²) < 4.78 is 34.0. The summed E-state index contributed by atoms with van der Waals surface area (Å²) in [5.74, 6) is -7.77. The summed E-state index contributed by atoms with van der Waals surface area (Å²) in [6.07, 6.45) is 7.29. The second-order valence-electron chi connectivity index (χ2n) is 16.1. The van der Waals surface area contributed by atoms with Gasteiger partial charge in [0, 0.05) is 18.7 Å². The van der Waals surface area contributed by atoms with Crippen molar-refractivity contribution < 1.29 is 77.3 Å². The lowest BCUT2D eigenvalue weighted by molar-refractivity contribution is -0.149. The van der Waals surface area contributed by atoms with Crippen molar-refractivity contribution in [3.05, 3.63) is 112 Å². The van der Waals surface area contributed by atoms with Gasteiger partial charge in [0.2, 0.25) is 0 Å². The predicted octanol–water partition coefficient (Wildman–Crippen LogP) is 2.81. The smallest absolute Gasteiger partial charge is 0.339 e. The fraction of sp³-hybridized carbons (Fsp3) is 0.340. The molecule has 0 bridgehead atoms. The zero-order valence-electron chi connectivity index (χ0n) is 40.8. The van der Waals surface area contributed by atoms with Crippen LogP contribution in [0.1, 0.15) is 64.4 Å². The molecule has 1 aliphatic heterocycles. The van der Waals surface area contributed by atoms with Crippen LogP contribution in [-0.2, 0) is 39.9 Å². The van der Waals surface area contributed by atoms with E-state index in [1.807, 2.05) is 13.0 Å². The number of esters is 1. The van der Waals surface area contributed by atoms with Crippen LogP contribution in [-0.4, -0.2) is 145 Å². The molecule has 0 aromatic heterocycles. The van der Waals surface area contributed by atoms with Gasteiger partial charge in [-0.25, -0.2) is 19.6 Å². The number of aliphatic imine (C=N–C) groups is 2. The van der Waals surface area contributed by atoms with E-state index in [1.165, 1.54) is 55.5 Å². The zero-order valence-corrected chi connectivity index (χ0v) is 40.8. The Hall–Kier alpha value is -8.77. The lowest BCUT2D eigenvalue weighted by atomic mass is 10.0. The number of rotatable bonds is 26. The lowest BCUT2D eigenvalue weighted by Gasteiger charge is -2.29. The van der Waals surface area contributed by atoms with Gasteiger partial charge in [0.25, 0.3) is 18.3 Å². The number of fused-ring (bicyclic) bond motifs is 1. The van der Waals surface area contributed by atoms with Crippen LogP contribution in [0.2, 0.25) is 0 Å². The topological polar surface area (TPSA) is 371 Å². The fourth-order valence-corrected chi connectivity index (χ4v) is 7.09. The third-order valence-electron chi connectivity index (χ3n) is 10.6. The summed E-state index contributed by atoms with van der Waals surface area (Å²) in [4.78, 5) is 99.0. The molecule has 1 unspecified atom stereocenters. The Morgan fingerprint density at radius 3 is 2.20 bits per heavy atom. The average molecular weight is 1030 g/mol. The molecule has 0 radical (unpaired) electrons. The molecule has 0 fully saturated rings. The second-order valence-corrected chi connectivity index (χ2v) is 16.1. The maximum atomic E-state index is 14.2. The average Bonchev–Trinajstić information content (AvgIpc) is 3.34. The number of carbonyl (C=O) groups is 7. The number of nitrogens with two attached hydrogens (primary N) is 4. The molecule has 0 aliphatic carbocycles. The van der Waals surface area contributed by atoms with Gasteiger partial charge >= 0.3 is 23.9 Å². The highest BCUT2D eigenvalue weighted by atomic mass is 16.6. The Balaban J connectivity index is 1.42. The Bertz CT molecular complexity index is 2660. The normalized spacial score (nSPS) is 14.8. The van der Waals surface area contributed by atoms with E-state index in [0.29, 0.717) is 37.1 Å². The highest BCUT2D eigenvalue weighted by Gasteiger charge is 2.34. The highest BCUT2D eigenvalue weighted by molar-refractivity contribution is 6.01. The van der Waals surface area contributed by atoms with Crippen LogP contribution >= 0.6 is 0 Å². The second kappa shape index (κ2) is 29.5. The summed E-state index contributed by atoms with van der Waals surface area (Å²) in [6.45, 7) is 1.42. The highest BCUT2D eigenvalue weighted by Crippen LogP contribution is 2.35. The van der Waals surface area contributed by atoms with Crippen molar-refractivity contribution >= 4 is 59.8 Å². The molecular formula is C50H60N8O16. The van der Waals surface area contributed by atoms with Gasteiger partial charge in [-0.15, -0.1) is 0 Å². The maximum absolute atomic E-state index is 14.2. The monoisotopic (exact) mass is 1030 g/mol. The number of benzene rings is 3. The van der Waals surface area contributed by atoms with E-state index in [9.17, 15) is 48.9 Å². The van der Waals surface area contributed by atoms with Crippen molar-refractivity contribution in [2.75, 3.05) is 59.3 Å². The van der Waals surface area contributed by atoms with Gasteiger partial charge in [-0.2, -0.15) is 0 Å². The summed E-state index contributed by atoms with van der Waals surface area (Å²) in [5.41, 5.74) is 24.7. The van der Waals surface area contributed by atoms with Gasteiger partial charge in [0.1, 0.15) is 12.6 Å². The number of hydrogen-bond acceptors (Lipinski definition) is 15. The molecule has 0 spiro atoms. The third-order valence-corrected chi connectivity index (χ3v) is 10.6. The Morgan fingerprint density at radius 1 is 0.824 bits per heavy atom. The predicted molar refractivity (Wildman–Crippen MR) is 267 cm³/mol. The summed E-state index contributed by atoms with van der Waals surface area (Å²) in [5, 5.41) is 29.5. The summed E-state index contributed by atoms with van der Waals surface area (Å²) in [6, 6.07) is 11.8. The third kappa shape index (κ3) is 18.4. The molecule has 3 aromatic rings. The molecule has 1 aliphatic rings. The minimum absolute atomic E-state index is 0.00601. The van der Waals surface area contributed by atoms with Gasteiger partial charge < -0.3 is 76.5 Å². The van der Waals surface area contributed by atoms with E-state index in [4.69, 9.17) is 51.4 Å². The van der Waals surface area contributed by atoms with Crippen LogP contribution in [0, 0.1) is 6.92 Å². The van der Waals surface area contributed by atoms with Crippen LogP contribution in [0.15, 0.2) is 100 Å². The Labute approximate surface area is 425 Å². The van der Waals surface area contributed by atoms with Crippen LogP contribution < -0.4 is 41.9 Å². The van der Waals surface area contributed by atoms with Crippen molar-refractivity contribution in [3.63, 3.8) is 0 Å². The molecule has 0 saturated heterocycles. The molecule has 1 atom stereocenters. The molecular weight excluding hydrogens is 969 g/mol. The standard InChI is InChI=1S/C50H60N8O16/c1-31-15-18-35(56-50(53)54)27-33(31)9-8-22-72-43-37(12-6-13-39(43)73-30-59)46(65)58(38(47(66)67)28-41(60)61)20-24-70-26-25-69-23-19-57(29-42(62)63)45(64)36-11-7-14-40-44(36)71-21-5-3-4-10-34(55-49(51)52)17-16-32(2)48(68)74-40/h4,6-7,10-18,27,30,38H,3,5,8-9,19-26,28-29H2,1-2H3,(H,60,61)(H,62,63)(H,66,67)(H4,51,52,55)(H4,53,54,56)/b10-4+,32-16+,34-17+. The minimum Gasteiger partial charge on any atom is -0.489 e. The molecule has 11 N–H and O–H groups in total. The van der Waals surface area contributed by atoms with Crippen molar-refractivity contribution in [3.8, 4) is 23.0 Å². The van der Waals surface area contributed by atoms with E-state index in [0.717, 1.165) is 20.9 Å². The zero-order chi connectivity index (χ0) is 54.2. The number of carboxylic acids is 3. The van der Waals surface area contributed by atoms with E-state index in [1.54, 1.807) is 24.3 Å². The van der Waals surface area contributed by atoms with Gasteiger partial charge in [-0.05, 0) is 105 Å². The number of amides is 2. The van der Waals surface area contributed by atoms with Crippen LogP contribution in [0.25, 0.3) is 0 Å². The van der Waals surface area contributed by atoms with Crippen LogP contribution in [0.4, 0.5) is 5.69 Å². The number of ether oxygens (including phenoxy) is 6. The first kappa shape index (κ1) is 57.8. The molecule has 2 amide bonds. The molecule has 74 heavy (non-hydrogen) atoms. The van der Waals surface area contributed by atoms with Crippen molar-refractivity contribution in [2.45, 2.75) is 52.0 Å². The lowest BCUT2D eigenvalue weighted by Crippen LogP contribution is -2.48. The number of hydrogen-bond donors (Lipinski definition) is 7. The molecule has 0 saturated carbocycles. The van der Waals surface area contributed by atoms with Crippen LogP contribution in [0.3, 0.4) is 0 Å². The number of para-hydroxylation sites is 2. The molecule has 4 rings (SSSR count). The first-order chi connectivity index (χ1) is 35.4. The largest absolute Gasteiger partial charge is 0.489 e.